The molecule has 1 unspecified atom stereocenters. The standard InChI is InChI=1S/C19H18N2O4/c1-12-10-15(8-9-16(12)21(23)24)19(22)20(3)13(2)18-11-14-6-4-5-7-17(14)25-18/h4-11,13H,1-3H3. The maximum absolute atomic E-state index is 12.7. The van der Waals surface area contributed by atoms with Crippen molar-refractivity contribution in [3.05, 3.63) is 75.5 Å². The summed E-state index contributed by atoms with van der Waals surface area (Å²) >= 11 is 0. The minimum atomic E-state index is -0.454. The largest absolute Gasteiger partial charge is 0.459 e. The molecule has 1 heterocycles. The van der Waals surface area contributed by atoms with Crippen molar-refractivity contribution in [2.75, 3.05) is 7.05 Å². The number of para-hydroxylation sites is 1. The number of nitro groups is 1. The molecule has 0 aliphatic rings. The minimum absolute atomic E-state index is 0.00420. The number of nitrogens with zero attached hydrogens (tertiary/aromatic N) is 2. The highest BCUT2D eigenvalue weighted by Gasteiger charge is 2.23. The van der Waals surface area contributed by atoms with E-state index in [-0.39, 0.29) is 17.6 Å². The lowest BCUT2D eigenvalue weighted by molar-refractivity contribution is -0.385. The van der Waals surface area contributed by atoms with Crippen LogP contribution in [0.1, 0.15) is 34.6 Å². The van der Waals surface area contributed by atoms with E-state index in [0.717, 1.165) is 11.0 Å². The molecule has 0 aliphatic heterocycles. The third-order valence-corrected chi connectivity index (χ3v) is 4.40. The molecule has 0 saturated heterocycles. The first-order valence-electron chi connectivity index (χ1n) is 7.89. The summed E-state index contributed by atoms with van der Waals surface area (Å²) in [6, 6.07) is 13.7. The van der Waals surface area contributed by atoms with Crippen molar-refractivity contribution in [3.8, 4) is 0 Å². The Balaban J connectivity index is 1.86. The quantitative estimate of drug-likeness (QED) is 0.519. The van der Waals surface area contributed by atoms with Crippen LogP contribution in [0, 0.1) is 17.0 Å². The van der Waals surface area contributed by atoms with Crippen LogP contribution in [0.3, 0.4) is 0 Å². The zero-order valence-corrected chi connectivity index (χ0v) is 14.2. The Bertz CT molecular complexity index is 928. The van der Waals surface area contributed by atoms with Gasteiger partial charge in [-0.2, -0.15) is 0 Å². The van der Waals surface area contributed by atoms with Crippen LogP contribution in [-0.4, -0.2) is 22.8 Å². The van der Waals surface area contributed by atoms with Crippen molar-refractivity contribution in [2.24, 2.45) is 0 Å². The molecule has 25 heavy (non-hydrogen) atoms. The van der Waals surface area contributed by atoms with Crippen molar-refractivity contribution in [1.82, 2.24) is 4.90 Å². The number of aryl methyl sites for hydroxylation is 1. The average Bonchev–Trinajstić information content (AvgIpc) is 3.03. The summed E-state index contributed by atoms with van der Waals surface area (Å²) < 4.78 is 5.83. The molecular weight excluding hydrogens is 320 g/mol. The molecule has 0 N–H and O–H groups in total. The SMILES string of the molecule is Cc1cc(C(=O)N(C)C(C)c2cc3ccccc3o2)ccc1[N+](=O)[O-]. The molecule has 6 heteroatoms. The molecule has 0 fully saturated rings. The fourth-order valence-electron chi connectivity index (χ4n) is 2.77. The topological polar surface area (TPSA) is 76.6 Å². The second kappa shape index (κ2) is 6.39. The molecule has 0 saturated carbocycles. The third-order valence-electron chi connectivity index (χ3n) is 4.40. The monoisotopic (exact) mass is 338 g/mol. The highest BCUT2D eigenvalue weighted by molar-refractivity contribution is 5.95. The first-order valence-corrected chi connectivity index (χ1v) is 7.89. The van der Waals surface area contributed by atoms with Gasteiger partial charge in [-0.3, -0.25) is 14.9 Å². The van der Waals surface area contributed by atoms with Gasteiger partial charge in [-0.05, 0) is 38.1 Å². The first-order chi connectivity index (χ1) is 11.9. The van der Waals surface area contributed by atoms with E-state index >= 15 is 0 Å². The molecule has 1 atom stereocenters. The second-order valence-corrected chi connectivity index (χ2v) is 6.04. The van der Waals surface area contributed by atoms with Gasteiger partial charge in [0.1, 0.15) is 11.3 Å². The Labute approximate surface area is 144 Å². The number of fused-ring (bicyclic) bond motifs is 1. The number of nitro benzene ring substituents is 1. The van der Waals surface area contributed by atoms with Crippen molar-refractivity contribution in [2.45, 2.75) is 19.9 Å². The number of hydrogen-bond donors (Lipinski definition) is 0. The van der Waals surface area contributed by atoms with Gasteiger partial charge in [-0.25, -0.2) is 0 Å². The Hall–Kier alpha value is -3.15. The normalized spacial score (nSPS) is 12.1. The number of carbonyl (C=O) groups excluding carboxylic acids is 1. The molecule has 1 aromatic heterocycles. The number of carbonyl (C=O) groups is 1. The van der Waals surface area contributed by atoms with E-state index in [0.29, 0.717) is 16.9 Å². The lowest BCUT2D eigenvalue weighted by atomic mass is 10.1. The second-order valence-electron chi connectivity index (χ2n) is 6.04. The molecular formula is C19H18N2O4. The Morgan fingerprint density at radius 1 is 1.20 bits per heavy atom. The summed E-state index contributed by atoms with van der Waals surface area (Å²) in [6.45, 7) is 3.51. The van der Waals surface area contributed by atoms with Gasteiger partial charge in [-0.15, -0.1) is 0 Å². The van der Waals surface area contributed by atoms with Gasteiger partial charge in [0, 0.05) is 29.6 Å². The number of benzene rings is 2. The van der Waals surface area contributed by atoms with Gasteiger partial charge in [0.2, 0.25) is 0 Å². The molecule has 128 valence electrons. The van der Waals surface area contributed by atoms with Gasteiger partial charge in [0.25, 0.3) is 11.6 Å². The molecule has 0 bridgehead atoms. The van der Waals surface area contributed by atoms with Crippen molar-refractivity contribution in [3.63, 3.8) is 0 Å². The lowest BCUT2D eigenvalue weighted by Crippen LogP contribution is -2.29. The van der Waals surface area contributed by atoms with E-state index in [1.165, 1.54) is 12.1 Å². The average molecular weight is 338 g/mol. The molecule has 1 amide bonds. The number of rotatable bonds is 4. The predicted molar refractivity (Wildman–Crippen MR) is 94.6 cm³/mol. The zero-order chi connectivity index (χ0) is 18.1. The summed E-state index contributed by atoms with van der Waals surface area (Å²) in [4.78, 5) is 24.7. The molecule has 2 aromatic carbocycles. The molecule has 0 radical (unpaired) electrons. The summed E-state index contributed by atoms with van der Waals surface area (Å²) in [6.07, 6.45) is 0. The fraction of sp³-hybridized carbons (Fsp3) is 0.211. The van der Waals surface area contributed by atoms with E-state index in [9.17, 15) is 14.9 Å². The number of amides is 1. The predicted octanol–water partition coefficient (Wildman–Crippen LogP) is 4.48. The van der Waals surface area contributed by atoms with Crippen LogP contribution >= 0.6 is 0 Å². The maximum Gasteiger partial charge on any atom is 0.272 e. The van der Waals surface area contributed by atoms with Crippen LogP contribution in [0.25, 0.3) is 11.0 Å². The number of hydrogen-bond acceptors (Lipinski definition) is 4. The Morgan fingerprint density at radius 2 is 1.92 bits per heavy atom. The van der Waals surface area contributed by atoms with Crippen LogP contribution in [0.5, 0.6) is 0 Å². The van der Waals surface area contributed by atoms with E-state index in [1.54, 1.807) is 24.9 Å². The summed E-state index contributed by atoms with van der Waals surface area (Å²) in [5, 5.41) is 11.9. The van der Waals surface area contributed by atoms with Gasteiger partial charge < -0.3 is 9.32 Å². The summed E-state index contributed by atoms with van der Waals surface area (Å²) in [5.41, 5.74) is 1.65. The fourth-order valence-corrected chi connectivity index (χ4v) is 2.77. The highest BCUT2D eigenvalue weighted by Crippen LogP contribution is 2.28. The maximum atomic E-state index is 12.7. The van der Waals surface area contributed by atoms with Crippen molar-refractivity contribution < 1.29 is 14.1 Å². The zero-order valence-electron chi connectivity index (χ0n) is 14.2. The minimum Gasteiger partial charge on any atom is -0.459 e. The summed E-state index contributed by atoms with van der Waals surface area (Å²) in [5.74, 6) is 0.474. The molecule has 0 aliphatic carbocycles. The Kier molecular flexibility index (Phi) is 4.27. The van der Waals surface area contributed by atoms with E-state index < -0.39 is 4.92 Å². The van der Waals surface area contributed by atoms with Gasteiger partial charge in [0.05, 0.1) is 11.0 Å². The van der Waals surface area contributed by atoms with Gasteiger partial charge in [-0.1, -0.05) is 18.2 Å². The van der Waals surface area contributed by atoms with Gasteiger partial charge >= 0.3 is 0 Å². The van der Waals surface area contributed by atoms with Crippen molar-refractivity contribution in [1.29, 1.82) is 0 Å². The third kappa shape index (κ3) is 3.10. The Morgan fingerprint density at radius 3 is 2.56 bits per heavy atom. The molecule has 6 nitrogen and oxygen atoms in total. The first kappa shape index (κ1) is 16.7. The van der Waals surface area contributed by atoms with Crippen LogP contribution in [0.15, 0.2) is 52.9 Å². The number of furan rings is 1. The van der Waals surface area contributed by atoms with Crippen LogP contribution in [-0.2, 0) is 0 Å². The van der Waals surface area contributed by atoms with Gasteiger partial charge in [0.15, 0.2) is 0 Å². The molecule has 3 aromatic rings. The van der Waals surface area contributed by atoms with E-state index in [2.05, 4.69) is 0 Å². The lowest BCUT2D eigenvalue weighted by Gasteiger charge is -2.23. The van der Waals surface area contributed by atoms with Crippen molar-refractivity contribution >= 4 is 22.6 Å². The highest BCUT2D eigenvalue weighted by atomic mass is 16.6. The van der Waals surface area contributed by atoms with Crippen LogP contribution in [0.4, 0.5) is 5.69 Å². The van der Waals surface area contributed by atoms with Crippen LogP contribution < -0.4 is 0 Å². The molecule has 3 rings (SSSR count). The van der Waals surface area contributed by atoms with Crippen LogP contribution in [0.2, 0.25) is 0 Å². The van der Waals surface area contributed by atoms with E-state index in [1.807, 2.05) is 37.3 Å². The molecule has 0 spiro atoms. The van der Waals surface area contributed by atoms with E-state index in [4.69, 9.17) is 4.42 Å². The smallest absolute Gasteiger partial charge is 0.272 e. The summed E-state index contributed by atoms with van der Waals surface area (Å²) in [7, 11) is 1.69.